The van der Waals surface area contributed by atoms with Crippen molar-refractivity contribution < 1.29 is 8.42 Å². The normalized spacial score (nSPS) is 21.5. The first-order valence-electron chi connectivity index (χ1n) is 8.36. The molecule has 9 heteroatoms. The van der Waals surface area contributed by atoms with Crippen molar-refractivity contribution in [2.24, 2.45) is 0 Å². The van der Waals surface area contributed by atoms with Crippen LogP contribution in [0.15, 0.2) is 12.4 Å². The minimum atomic E-state index is -2.96. The summed E-state index contributed by atoms with van der Waals surface area (Å²) in [6, 6.07) is 2.11. The zero-order valence-electron chi connectivity index (χ0n) is 13.6. The number of nitrogens with zero attached hydrogens (tertiary/aromatic N) is 5. The van der Waals surface area contributed by atoms with E-state index in [-0.39, 0.29) is 17.5 Å². The molecule has 1 aliphatic heterocycles. The van der Waals surface area contributed by atoms with Crippen molar-refractivity contribution in [2.45, 2.75) is 38.1 Å². The van der Waals surface area contributed by atoms with Crippen LogP contribution in [0, 0.1) is 11.3 Å². The van der Waals surface area contributed by atoms with Crippen LogP contribution in [0.2, 0.25) is 0 Å². The highest BCUT2D eigenvalue weighted by Crippen LogP contribution is 2.28. The highest BCUT2D eigenvalue weighted by atomic mass is 32.2. The molecule has 25 heavy (non-hydrogen) atoms. The van der Waals surface area contributed by atoms with Gasteiger partial charge in [0.1, 0.15) is 11.6 Å². The summed E-state index contributed by atoms with van der Waals surface area (Å²) >= 11 is 0. The van der Waals surface area contributed by atoms with Crippen molar-refractivity contribution in [1.29, 1.82) is 5.26 Å². The summed E-state index contributed by atoms with van der Waals surface area (Å²) in [4.78, 5) is 0. The lowest BCUT2D eigenvalue weighted by atomic mass is 9.93. The molecule has 1 atom stereocenters. The average Bonchev–Trinajstić information content (AvgIpc) is 3.21. The Morgan fingerprint density at radius 3 is 2.88 bits per heavy atom. The van der Waals surface area contributed by atoms with E-state index in [2.05, 4.69) is 26.7 Å². The van der Waals surface area contributed by atoms with Gasteiger partial charge in [-0.25, -0.2) is 8.42 Å². The first-order chi connectivity index (χ1) is 12.1. The molecule has 2 aromatic rings. The van der Waals surface area contributed by atoms with Gasteiger partial charge in [-0.3, -0.25) is 4.68 Å². The van der Waals surface area contributed by atoms with Gasteiger partial charge in [-0.05, 0) is 37.7 Å². The van der Waals surface area contributed by atoms with Crippen LogP contribution in [0.3, 0.4) is 0 Å². The maximum absolute atomic E-state index is 11.6. The topological polar surface area (TPSA) is 114 Å². The van der Waals surface area contributed by atoms with Crippen LogP contribution in [0.5, 0.6) is 0 Å². The molecule has 1 fully saturated rings. The largest absolute Gasteiger partial charge is 0.335 e. The number of fused-ring (bicyclic) bond motifs is 1. The first-order valence-corrected chi connectivity index (χ1v) is 10.2. The van der Waals surface area contributed by atoms with E-state index >= 15 is 0 Å². The molecule has 1 N–H and O–H groups in total. The highest BCUT2D eigenvalue weighted by molar-refractivity contribution is 7.91. The summed E-state index contributed by atoms with van der Waals surface area (Å²) in [5.41, 5.74) is 3.12. The second-order valence-electron chi connectivity index (χ2n) is 6.56. The quantitative estimate of drug-likeness (QED) is 0.885. The molecule has 0 aromatic carbocycles. The molecule has 2 aromatic heterocycles. The molecule has 8 nitrogen and oxygen atoms in total. The first kappa shape index (κ1) is 16.0. The molecular formula is C16H18N6O2S. The van der Waals surface area contributed by atoms with Crippen LogP contribution in [0.25, 0.3) is 0 Å². The predicted octanol–water partition coefficient (Wildman–Crippen LogP) is 1.53. The van der Waals surface area contributed by atoms with Gasteiger partial charge in [0, 0.05) is 6.20 Å². The summed E-state index contributed by atoms with van der Waals surface area (Å²) in [5.74, 6) is 0.757. The second kappa shape index (κ2) is 6.11. The molecule has 0 amide bonds. The Bertz CT molecular complexity index is 959. The predicted molar refractivity (Wildman–Crippen MR) is 91.2 cm³/mol. The maximum Gasteiger partial charge on any atom is 0.171 e. The van der Waals surface area contributed by atoms with Gasteiger partial charge in [0.15, 0.2) is 15.7 Å². The van der Waals surface area contributed by atoms with Crippen molar-refractivity contribution in [3.63, 3.8) is 0 Å². The van der Waals surface area contributed by atoms with Crippen LogP contribution in [0.4, 0.5) is 11.5 Å². The Labute approximate surface area is 145 Å². The third-order valence-electron chi connectivity index (χ3n) is 4.81. The number of hydrogen-bond acceptors (Lipinski definition) is 7. The molecule has 0 bridgehead atoms. The van der Waals surface area contributed by atoms with E-state index in [9.17, 15) is 13.7 Å². The number of nitriles is 1. The SMILES string of the molecule is N#Cc1c(Nc2cnn(C3CCS(=O)(=O)C3)c2)nnc2c1CCCC2. The fourth-order valence-electron chi connectivity index (χ4n) is 3.50. The Morgan fingerprint density at radius 2 is 2.12 bits per heavy atom. The van der Waals surface area contributed by atoms with Gasteiger partial charge in [-0.15, -0.1) is 5.10 Å². The van der Waals surface area contributed by atoms with Gasteiger partial charge < -0.3 is 5.32 Å². The number of aryl methyl sites for hydroxylation is 1. The summed E-state index contributed by atoms with van der Waals surface area (Å²) < 4.78 is 24.9. The Kier molecular flexibility index (Phi) is 3.92. The summed E-state index contributed by atoms with van der Waals surface area (Å²) in [6.45, 7) is 0. The fraction of sp³-hybridized carbons (Fsp3) is 0.500. The van der Waals surface area contributed by atoms with E-state index < -0.39 is 9.84 Å². The molecule has 0 saturated carbocycles. The molecule has 1 aliphatic carbocycles. The third kappa shape index (κ3) is 3.09. The van der Waals surface area contributed by atoms with E-state index in [4.69, 9.17) is 0 Å². The minimum absolute atomic E-state index is 0.121. The van der Waals surface area contributed by atoms with E-state index in [1.165, 1.54) is 0 Å². The summed E-state index contributed by atoms with van der Waals surface area (Å²) in [7, 11) is -2.96. The maximum atomic E-state index is 11.6. The van der Waals surface area contributed by atoms with E-state index in [0.29, 0.717) is 23.5 Å². The standard InChI is InChI=1S/C16H18N6O2S/c17-7-14-13-3-1-2-4-15(13)20-21-16(14)19-11-8-18-22(9-11)12-5-6-25(23,24)10-12/h8-9,12H,1-6,10H2,(H,19,21). The number of nitrogens with one attached hydrogen (secondary N) is 1. The van der Waals surface area contributed by atoms with Gasteiger partial charge in [0.25, 0.3) is 0 Å². The zero-order valence-corrected chi connectivity index (χ0v) is 14.5. The minimum Gasteiger partial charge on any atom is -0.335 e. The van der Waals surface area contributed by atoms with Crippen molar-refractivity contribution in [3.8, 4) is 6.07 Å². The fourth-order valence-corrected chi connectivity index (χ4v) is 5.21. The lowest BCUT2D eigenvalue weighted by Crippen LogP contribution is -2.12. The van der Waals surface area contributed by atoms with Crippen molar-refractivity contribution in [1.82, 2.24) is 20.0 Å². The zero-order chi connectivity index (χ0) is 17.4. The highest BCUT2D eigenvalue weighted by Gasteiger charge is 2.29. The van der Waals surface area contributed by atoms with Gasteiger partial charge in [0.2, 0.25) is 0 Å². The third-order valence-corrected chi connectivity index (χ3v) is 6.56. The number of hydrogen-bond donors (Lipinski definition) is 1. The number of rotatable bonds is 3. The lowest BCUT2D eigenvalue weighted by Gasteiger charge is -2.16. The van der Waals surface area contributed by atoms with Crippen molar-refractivity contribution in [2.75, 3.05) is 16.8 Å². The Morgan fingerprint density at radius 1 is 1.28 bits per heavy atom. The molecule has 3 heterocycles. The van der Waals surface area contributed by atoms with Gasteiger partial charge >= 0.3 is 0 Å². The summed E-state index contributed by atoms with van der Waals surface area (Å²) in [6.07, 6.45) is 7.80. The van der Waals surface area contributed by atoms with Crippen molar-refractivity contribution >= 4 is 21.3 Å². The lowest BCUT2D eigenvalue weighted by molar-refractivity contribution is 0.500. The second-order valence-corrected chi connectivity index (χ2v) is 8.79. The van der Waals surface area contributed by atoms with Crippen LogP contribution in [-0.4, -0.2) is 39.9 Å². The van der Waals surface area contributed by atoms with Gasteiger partial charge in [0.05, 0.1) is 35.1 Å². The van der Waals surface area contributed by atoms with Crippen LogP contribution in [-0.2, 0) is 22.7 Å². The Hall–Kier alpha value is -2.47. The Balaban J connectivity index is 1.58. The summed E-state index contributed by atoms with van der Waals surface area (Å²) in [5, 5.41) is 25.3. The molecule has 1 saturated heterocycles. The van der Waals surface area contributed by atoms with Crippen LogP contribution >= 0.6 is 0 Å². The average molecular weight is 358 g/mol. The number of anilines is 2. The molecule has 4 rings (SSSR count). The number of aromatic nitrogens is 4. The van der Waals surface area contributed by atoms with Gasteiger partial charge in [-0.1, -0.05) is 0 Å². The van der Waals surface area contributed by atoms with Crippen LogP contribution in [0.1, 0.15) is 42.1 Å². The van der Waals surface area contributed by atoms with E-state index in [1.54, 1.807) is 17.1 Å². The molecular weight excluding hydrogens is 340 g/mol. The molecule has 2 aliphatic rings. The van der Waals surface area contributed by atoms with E-state index in [0.717, 1.165) is 36.9 Å². The van der Waals surface area contributed by atoms with Crippen molar-refractivity contribution in [3.05, 3.63) is 29.2 Å². The molecule has 0 spiro atoms. The molecule has 1 unspecified atom stereocenters. The van der Waals surface area contributed by atoms with Gasteiger partial charge in [-0.2, -0.15) is 15.5 Å². The van der Waals surface area contributed by atoms with E-state index in [1.807, 2.05) is 0 Å². The molecule has 130 valence electrons. The monoisotopic (exact) mass is 358 g/mol. The molecule has 0 radical (unpaired) electrons. The smallest absolute Gasteiger partial charge is 0.171 e. The number of sulfone groups is 1. The van der Waals surface area contributed by atoms with Crippen LogP contribution < -0.4 is 5.32 Å².